The van der Waals surface area contributed by atoms with E-state index in [1.54, 1.807) is 0 Å². The van der Waals surface area contributed by atoms with Crippen LogP contribution in [-0.4, -0.2) is 29.0 Å². The number of piperidine rings is 1. The van der Waals surface area contributed by atoms with E-state index in [-0.39, 0.29) is 24.0 Å². The second kappa shape index (κ2) is 6.58. The fourth-order valence-corrected chi connectivity index (χ4v) is 3.25. The summed E-state index contributed by atoms with van der Waals surface area (Å²) in [7, 11) is 0. The zero-order valence-corrected chi connectivity index (χ0v) is 12.6. The molecule has 22 heavy (non-hydrogen) atoms. The number of carbonyl (C=O) groups is 1. The van der Waals surface area contributed by atoms with E-state index < -0.39 is 22.3 Å². The highest BCUT2D eigenvalue weighted by molar-refractivity contribution is 5.95. The molecule has 2 heterocycles. The van der Waals surface area contributed by atoms with Gasteiger partial charge < -0.3 is 10.6 Å². The van der Waals surface area contributed by atoms with Crippen LogP contribution in [0, 0.1) is 15.9 Å². The fraction of sp³-hybridized carbons (Fsp3) is 0.500. The smallest absolute Gasteiger partial charge is 0.273 e. The van der Waals surface area contributed by atoms with Crippen molar-refractivity contribution in [2.75, 3.05) is 0 Å². The summed E-state index contributed by atoms with van der Waals surface area (Å²) in [6.45, 7) is 0. The van der Waals surface area contributed by atoms with E-state index >= 15 is 0 Å². The van der Waals surface area contributed by atoms with Crippen molar-refractivity contribution in [1.29, 1.82) is 0 Å². The summed E-state index contributed by atoms with van der Waals surface area (Å²) in [5.74, 6) is -1.23. The lowest BCUT2D eigenvalue weighted by molar-refractivity contribution is -0.385. The van der Waals surface area contributed by atoms with Gasteiger partial charge in [0.2, 0.25) is 0 Å². The SMILES string of the molecule is Cl.O=C(NC1CC2CCC(C1)N2)c1cc(F)cc([N+](=O)[O-])c1. The van der Waals surface area contributed by atoms with Crippen molar-refractivity contribution in [3.05, 3.63) is 39.7 Å². The van der Waals surface area contributed by atoms with Crippen LogP contribution in [0.5, 0.6) is 0 Å². The van der Waals surface area contributed by atoms with Gasteiger partial charge in [-0.2, -0.15) is 0 Å². The number of rotatable bonds is 3. The molecule has 2 atom stereocenters. The monoisotopic (exact) mass is 329 g/mol. The van der Waals surface area contributed by atoms with Crippen molar-refractivity contribution in [2.45, 2.75) is 43.8 Å². The van der Waals surface area contributed by atoms with Crippen LogP contribution in [0.3, 0.4) is 0 Å². The maximum absolute atomic E-state index is 13.4. The van der Waals surface area contributed by atoms with Crippen molar-refractivity contribution in [1.82, 2.24) is 10.6 Å². The third-order valence-electron chi connectivity index (χ3n) is 4.16. The lowest BCUT2D eigenvalue weighted by Crippen LogP contribution is -2.48. The molecule has 6 nitrogen and oxygen atoms in total. The zero-order valence-electron chi connectivity index (χ0n) is 11.8. The van der Waals surface area contributed by atoms with Gasteiger partial charge in [0, 0.05) is 29.8 Å². The minimum absolute atomic E-state index is 0. The molecule has 0 saturated carbocycles. The molecule has 8 heteroatoms. The Hall–Kier alpha value is -1.73. The van der Waals surface area contributed by atoms with Gasteiger partial charge in [0.15, 0.2) is 0 Å². The molecule has 0 spiro atoms. The number of benzene rings is 1. The van der Waals surface area contributed by atoms with Gasteiger partial charge in [-0.15, -0.1) is 12.4 Å². The maximum Gasteiger partial charge on any atom is 0.273 e. The number of nitrogens with zero attached hydrogens (tertiary/aromatic N) is 1. The fourth-order valence-electron chi connectivity index (χ4n) is 3.25. The zero-order chi connectivity index (χ0) is 15.0. The Bertz CT molecular complexity index is 587. The molecule has 3 rings (SSSR count). The largest absolute Gasteiger partial charge is 0.349 e. The first-order valence-corrected chi connectivity index (χ1v) is 7.03. The van der Waals surface area contributed by atoms with Gasteiger partial charge >= 0.3 is 0 Å². The number of nitrogens with one attached hydrogen (secondary N) is 2. The molecule has 2 aliphatic heterocycles. The van der Waals surface area contributed by atoms with Crippen molar-refractivity contribution in [3.8, 4) is 0 Å². The van der Waals surface area contributed by atoms with Gasteiger partial charge in [0.1, 0.15) is 5.82 Å². The van der Waals surface area contributed by atoms with Crippen LogP contribution in [0.4, 0.5) is 10.1 Å². The minimum Gasteiger partial charge on any atom is -0.349 e. The number of fused-ring (bicyclic) bond motifs is 2. The molecule has 120 valence electrons. The van der Waals surface area contributed by atoms with Crippen LogP contribution in [0.25, 0.3) is 0 Å². The molecule has 0 aliphatic carbocycles. The highest BCUT2D eigenvalue weighted by Crippen LogP contribution is 2.27. The van der Waals surface area contributed by atoms with Crippen LogP contribution in [0.15, 0.2) is 18.2 Å². The summed E-state index contributed by atoms with van der Waals surface area (Å²) in [5.41, 5.74) is -0.418. The van der Waals surface area contributed by atoms with Gasteiger partial charge in [-0.1, -0.05) is 0 Å². The van der Waals surface area contributed by atoms with E-state index in [9.17, 15) is 19.3 Å². The first kappa shape index (κ1) is 16.6. The number of halogens is 2. The molecule has 0 radical (unpaired) electrons. The van der Waals surface area contributed by atoms with Gasteiger partial charge in [-0.05, 0) is 31.7 Å². The van der Waals surface area contributed by atoms with Crippen LogP contribution in [0.2, 0.25) is 0 Å². The molecule has 2 unspecified atom stereocenters. The average molecular weight is 330 g/mol. The number of non-ortho nitro benzene ring substituents is 1. The van der Waals surface area contributed by atoms with Crippen LogP contribution in [0.1, 0.15) is 36.0 Å². The van der Waals surface area contributed by atoms with E-state index in [1.807, 2.05) is 0 Å². The van der Waals surface area contributed by atoms with E-state index in [4.69, 9.17) is 0 Å². The molecule has 2 aliphatic rings. The predicted molar refractivity (Wildman–Crippen MR) is 80.7 cm³/mol. The Kier molecular flexibility index (Phi) is 4.97. The second-order valence-corrected chi connectivity index (χ2v) is 5.73. The van der Waals surface area contributed by atoms with Crippen LogP contribution in [-0.2, 0) is 0 Å². The molecular formula is C14H17ClFN3O3. The Morgan fingerprint density at radius 1 is 1.27 bits per heavy atom. The molecule has 1 amide bonds. The Morgan fingerprint density at radius 3 is 2.50 bits per heavy atom. The van der Waals surface area contributed by atoms with Gasteiger partial charge in [-0.3, -0.25) is 14.9 Å². The van der Waals surface area contributed by atoms with E-state index in [0.717, 1.165) is 43.9 Å². The quantitative estimate of drug-likeness (QED) is 0.657. The Balaban J connectivity index is 0.00000176. The number of nitro benzene ring substituents is 1. The standard InChI is InChI=1S/C14H16FN3O3.ClH/c15-9-3-8(4-13(5-9)18(20)21)14(19)17-12-6-10-1-2-11(7-12)16-10;/h3-5,10-12,16H,1-2,6-7H2,(H,17,19);1H. The van der Waals surface area contributed by atoms with E-state index in [2.05, 4.69) is 10.6 Å². The number of hydrogen-bond acceptors (Lipinski definition) is 4. The summed E-state index contributed by atoms with van der Waals surface area (Å²) in [6.07, 6.45) is 3.92. The number of carbonyl (C=O) groups excluding carboxylic acids is 1. The van der Waals surface area contributed by atoms with Crippen LogP contribution < -0.4 is 10.6 Å². The number of amides is 1. The van der Waals surface area contributed by atoms with Crippen molar-refractivity contribution >= 4 is 24.0 Å². The third kappa shape index (κ3) is 3.53. The normalized spacial score (nSPS) is 26.1. The van der Waals surface area contributed by atoms with E-state index in [0.29, 0.717) is 12.1 Å². The van der Waals surface area contributed by atoms with Crippen LogP contribution >= 0.6 is 12.4 Å². The third-order valence-corrected chi connectivity index (χ3v) is 4.16. The highest BCUT2D eigenvalue weighted by Gasteiger charge is 2.34. The van der Waals surface area contributed by atoms with Gasteiger partial charge in [0.25, 0.3) is 11.6 Å². The Labute approximate surface area is 133 Å². The molecule has 1 aromatic carbocycles. The molecule has 0 aromatic heterocycles. The minimum atomic E-state index is -0.778. The average Bonchev–Trinajstić information content (AvgIpc) is 2.77. The molecule has 2 bridgehead atoms. The number of hydrogen-bond donors (Lipinski definition) is 2. The van der Waals surface area contributed by atoms with Gasteiger partial charge in [-0.25, -0.2) is 4.39 Å². The Morgan fingerprint density at radius 2 is 1.91 bits per heavy atom. The molecule has 2 N–H and O–H groups in total. The first-order chi connectivity index (χ1) is 10.0. The summed E-state index contributed by atoms with van der Waals surface area (Å²) in [4.78, 5) is 22.2. The van der Waals surface area contributed by atoms with Crippen molar-refractivity contribution in [3.63, 3.8) is 0 Å². The molecule has 2 saturated heterocycles. The number of nitro groups is 1. The van der Waals surface area contributed by atoms with Gasteiger partial charge in [0.05, 0.1) is 11.0 Å². The van der Waals surface area contributed by atoms with E-state index in [1.165, 1.54) is 0 Å². The summed E-state index contributed by atoms with van der Waals surface area (Å²) in [5, 5.41) is 17.0. The highest BCUT2D eigenvalue weighted by atomic mass is 35.5. The summed E-state index contributed by atoms with van der Waals surface area (Å²) in [6, 6.07) is 3.83. The van der Waals surface area contributed by atoms with Crippen molar-refractivity contribution < 1.29 is 14.1 Å². The molecule has 1 aromatic rings. The maximum atomic E-state index is 13.4. The predicted octanol–water partition coefficient (Wildman–Crippen LogP) is 2.17. The molecule has 2 fully saturated rings. The topological polar surface area (TPSA) is 84.3 Å². The lowest BCUT2D eigenvalue weighted by atomic mass is 9.99. The first-order valence-electron chi connectivity index (χ1n) is 7.03. The second-order valence-electron chi connectivity index (χ2n) is 5.73. The molecular weight excluding hydrogens is 313 g/mol. The lowest BCUT2D eigenvalue weighted by Gasteiger charge is -2.29. The van der Waals surface area contributed by atoms with Crippen molar-refractivity contribution in [2.24, 2.45) is 0 Å². The summed E-state index contributed by atoms with van der Waals surface area (Å²) >= 11 is 0. The summed E-state index contributed by atoms with van der Waals surface area (Å²) < 4.78 is 13.4.